The predicted octanol–water partition coefficient (Wildman–Crippen LogP) is 5.29. The highest BCUT2D eigenvalue weighted by atomic mass is 32.2. The normalized spacial score (nSPS) is 25.0. The largest absolute Gasteiger partial charge is 0.378 e. The van der Waals surface area contributed by atoms with Crippen LogP contribution in [0.4, 0.5) is 21.7 Å². The van der Waals surface area contributed by atoms with Crippen LogP contribution in [-0.2, 0) is 14.6 Å². The van der Waals surface area contributed by atoms with Crippen LogP contribution in [0, 0.1) is 5.92 Å². The van der Waals surface area contributed by atoms with Gasteiger partial charge in [-0.2, -0.15) is 0 Å². The van der Waals surface area contributed by atoms with Gasteiger partial charge in [0.05, 0.1) is 16.0 Å². The Kier molecular flexibility index (Phi) is 6.58. The van der Waals surface area contributed by atoms with E-state index in [9.17, 15) is 12.8 Å². The number of benzene rings is 1. The third kappa shape index (κ3) is 5.77. The number of nitrogens with one attached hydrogen (secondary N) is 1. The van der Waals surface area contributed by atoms with E-state index in [2.05, 4.69) is 58.1 Å². The molecular weight excluding hydrogens is 517 g/mol. The van der Waals surface area contributed by atoms with E-state index in [0.29, 0.717) is 36.0 Å². The highest BCUT2D eigenvalue weighted by Crippen LogP contribution is 2.39. The highest BCUT2D eigenvalue weighted by molar-refractivity contribution is 7.90. The number of methoxy groups -OCH3 is 1. The van der Waals surface area contributed by atoms with Crippen molar-refractivity contribution in [3.8, 4) is 0 Å². The lowest BCUT2D eigenvalue weighted by Crippen LogP contribution is -2.57. The third-order valence-electron chi connectivity index (χ3n) is 7.73. The summed E-state index contributed by atoms with van der Waals surface area (Å²) in [6.07, 6.45) is 4.03. The first kappa shape index (κ1) is 23.7. The number of aromatic nitrogens is 3. The SMILES string of the molecule is [2H]C([2H])([2H])O[C@@H]1CCC(c2nccc(Nc3cc4c(C(C)C)ccc(N5C[C@H](CS(C)(=O)=O)[C@H]5C)c4cn3)n2)=C[C@@H]1F. The van der Waals surface area contributed by atoms with Gasteiger partial charge in [0.1, 0.15) is 27.6 Å². The molecule has 1 N–H and O–H groups in total. The van der Waals surface area contributed by atoms with E-state index >= 15 is 0 Å². The molecule has 0 unspecified atom stereocenters. The number of hydrogen-bond donors (Lipinski definition) is 1. The number of hydrogen-bond acceptors (Lipinski definition) is 8. The lowest BCUT2D eigenvalue weighted by atomic mass is 9.88. The molecule has 39 heavy (non-hydrogen) atoms. The summed E-state index contributed by atoms with van der Waals surface area (Å²) < 4.78 is 65.0. The Bertz CT molecular complexity index is 1620. The quantitative estimate of drug-likeness (QED) is 0.400. The van der Waals surface area contributed by atoms with Crippen LogP contribution in [0.2, 0.25) is 0 Å². The van der Waals surface area contributed by atoms with Crippen molar-refractivity contribution in [3.05, 3.63) is 54.1 Å². The van der Waals surface area contributed by atoms with Crippen molar-refractivity contribution in [1.29, 1.82) is 0 Å². The van der Waals surface area contributed by atoms with Crippen molar-refractivity contribution in [3.63, 3.8) is 0 Å². The van der Waals surface area contributed by atoms with Crippen molar-refractivity contribution in [2.75, 3.05) is 35.8 Å². The fourth-order valence-corrected chi connectivity index (χ4v) is 6.68. The molecule has 5 rings (SSSR count). The number of rotatable bonds is 8. The number of ether oxygens (including phenoxy) is 1. The van der Waals surface area contributed by atoms with E-state index in [0.717, 1.165) is 16.5 Å². The topological polar surface area (TPSA) is 97.3 Å². The van der Waals surface area contributed by atoms with Gasteiger partial charge in [0.25, 0.3) is 0 Å². The highest BCUT2D eigenvalue weighted by Gasteiger charge is 2.38. The van der Waals surface area contributed by atoms with Gasteiger partial charge in [-0.25, -0.2) is 27.8 Å². The summed E-state index contributed by atoms with van der Waals surface area (Å²) in [6.45, 7) is 7.01. The van der Waals surface area contributed by atoms with Crippen molar-refractivity contribution in [1.82, 2.24) is 15.0 Å². The maximum absolute atomic E-state index is 14.7. The summed E-state index contributed by atoms with van der Waals surface area (Å²) in [5, 5.41) is 5.29. The average molecular weight is 557 g/mol. The molecule has 1 fully saturated rings. The second-order valence-electron chi connectivity index (χ2n) is 10.9. The summed E-state index contributed by atoms with van der Waals surface area (Å²) in [5.74, 6) is 1.97. The van der Waals surface area contributed by atoms with Crippen LogP contribution in [0.25, 0.3) is 16.3 Å². The van der Waals surface area contributed by atoms with Crippen LogP contribution in [0.5, 0.6) is 0 Å². The Morgan fingerprint density at radius 3 is 2.74 bits per heavy atom. The number of sulfone groups is 1. The second kappa shape index (κ2) is 10.8. The number of nitrogens with zero attached hydrogens (tertiary/aromatic N) is 4. The van der Waals surface area contributed by atoms with Gasteiger partial charge in [-0.05, 0) is 66.5 Å². The van der Waals surface area contributed by atoms with Crippen LogP contribution in [0.3, 0.4) is 0 Å². The zero-order valence-corrected chi connectivity index (χ0v) is 23.4. The summed E-state index contributed by atoms with van der Waals surface area (Å²) in [4.78, 5) is 15.8. The minimum atomic E-state index is -3.05. The summed E-state index contributed by atoms with van der Waals surface area (Å²) in [7, 11) is -5.70. The summed E-state index contributed by atoms with van der Waals surface area (Å²) in [6, 6.07) is 8.01. The molecule has 0 saturated carbocycles. The number of anilines is 3. The van der Waals surface area contributed by atoms with Crippen LogP contribution in [0.1, 0.15) is 55.0 Å². The van der Waals surface area contributed by atoms with Gasteiger partial charge in [0, 0.05) is 55.3 Å². The van der Waals surface area contributed by atoms with Gasteiger partial charge >= 0.3 is 0 Å². The fraction of sp³-hybridized carbons (Fsp3) is 0.483. The lowest BCUT2D eigenvalue weighted by Gasteiger charge is -2.48. The molecule has 0 radical (unpaired) electrons. The minimum Gasteiger partial charge on any atom is -0.378 e. The number of halogens is 1. The molecule has 3 aromatic rings. The molecule has 1 saturated heterocycles. The Labute approximate surface area is 233 Å². The monoisotopic (exact) mass is 556 g/mol. The molecule has 208 valence electrons. The predicted molar refractivity (Wildman–Crippen MR) is 154 cm³/mol. The standard InChI is InChI=1S/C29H36FN5O3S/c1-17(2)21-7-8-25(35-15-20(18(35)3)16-39(5,36)37)23-14-32-28(13-22(21)23)33-27-10-11-31-29(34-27)19-6-9-26(38-4)24(30)12-19/h7-8,10-14,17-18,20,24,26H,6,9,15-16H2,1-5H3,(H,31,32,33,34)/t18-,20-,24+,26-/m1/s1/i4D3. The Balaban J connectivity index is 1.39. The zero-order valence-electron chi connectivity index (χ0n) is 25.6. The van der Waals surface area contributed by atoms with Crippen molar-refractivity contribution >= 4 is 43.5 Å². The zero-order chi connectivity index (χ0) is 30.4. The average Bonchev–Trinajstić information content (AvgIpc) is 2.90. The lowest BCUT2D eigenvalue weighted by molar-refractivity contribution is 0.0429. The van der Waals surface area contributed by atoms with E-state index in [4.69, 9.17) is 8.85 Å². The Morgan fingerprint density at radius 2 is 2.05 bits per heavy atom. The number of fused-ring (bicyclic) bond motifs is 1. The molecule has 2 aromatic heterocycles. The van der Waals surface area contributed by atoms with E-state index in [1.54, 1.807) is 12.3 Å². The van der Waals surface area contributed by atoms with Gasteiger partial charge in [-0.1, -0.05) is 19.9 Å². The smallest absolute Gasteiger partial charge is 0.157 e. The molecule has 8 nitrogen and oxygen atoms in total. The molecule has 0 amide bonds. The molecule has 10 heteroatoms. The first-order valence-electron chi connectivity index (χ1n) is 14.7. The first-order chi connectivity index (χ1) is 19.7. The Hall–Kier alpha value is -3.11. The molecule has 1 aliphatic heterocycles. The van der Waals surface area contributed by atoms with Crippen LogP contribution < -0.4 is 10.2 Å². The van der Waals surface area contributed by atoms with Crippen molar-refractivity contribution in [2.24, 2.45) is 5.92 Å². The number of allylic oxidation sites excluding steroid dienone is 1. The molecule has 1 aromatic carbocycles. The van der Waals surface area contributed by atoms with E-state index in [1.807, 2.05) is 12.3 Å². The molecule has 4 atom stereocenters. The third-order valence-corrected chi connectivity index (χ3v) is 8.76. The summed E-state index contributed by atoms with van der Waals surface area (Å²) in [5.41, 5.74) is 2.78. The number of alkyl halides is 1. The van der Waals surface area contributed by atoms with Gasteiger partial charge in [-0.15, -0.1) is 0 Å². The minimum absolute atomic E-state index is 0.0904. The Morgan fingerprint density at radius 1 is 1.23 bits per heavy atom. The van der Waals surface area contributed by atoms with E-state index < -0.39 is 29.2 Å². The maximum Gasteiger partial charge on any atom is 0.157 e. The van der Waals surface area contributed by atoms with Gasteiger partial charge in [-0.3, -0.25) is 0 Å². The summed E-state index contributed by atoms with van der Waals surface area (Å²) >= 11 is 0. The number of pyridine rings is 1. The van der Waals surface area contributed by atoms with Crippen molar-refractivity contribution < 1.29 is 21.7 Å². The van der Waals surface area contributed by atoms with Crippen LogP contribution in [-0.4, -0.2) is 67.3 Å². The molecule has 0 bridgehead atoms. The van der Waals surface area contributed by atoms with Gasteiger partial charge in [0.2, 0.25) is 0 Å². The van der Waals surface area contributed by atoms with Crippen LogP contribution >= 0.6 is 0 Å². The van der Waals surface area contributed by atoms with Gasteiger partial charge in [0.15, 0.2) is 5.82 Å². The maximum atomic E-state index is 14.7. The fourth-order valence-electron chi connectivity index (χ4n) is 5.52. The molecular formula is C29H36FN5O3S. The first-order valence-corrected chi connectivity index (χ1v) is 15.2. The van der Waals surface area contributed by atoms with Crippen LogP contribution in [0.15, 0.2) is 42.7 Å². The second-order valence-corrected chi connectivity index (χ2v) is 13.1. The molecule has 0 spiro atoms. The van der Waals surface area contributed by atoms with Crippen molar-refractivity contribution in [2.45, 2.75) is 57.8 Å². The van der Waals surface area contributed by atoms with E-state index in [-0.39, 0.29) is 30.1 Å². The molecule has 3 heterocycles. The van der Waals surface area contributed by atoms with E-state index in [1.165, 1.54) is 17.9 Å². The molecule has 2 aliphatic rings. The molecule has 1 aliphatic carbocycles. The van der Waals surface area contributed by atoms with Gasteiger partial charge < -0.3 is 15.0 Å².